The van der Waals surface area contributed by atoms with Gasteiger partial charge < -0.3 is 9.84 Å². The monoisotopic (exact) mass is 367 g/mol. The van der Waals surface area contributed by atoms with Gasteiger partial charge in [0.05, 0.1) is 0 Å². The van der Waals surface area contributed by atoms with E-state index >= 15 is 0 Å². The number of aromatic nitrogens is 2. The molecule has 0 spiro atoms. The summed E-state index contributed by atoms with van der Waals surface area (Å²) in [6.45, 7) is 0.543. The Bertz CT molecular complexity index is 865. The van der Waals surface area contributed by atoms with Gasteiger partial charge in [0, 0.05) is 24.9 Å². The van der Waals surface area contributed by atoms with Crippen LogP contribution in [-0.4, -0.2) is 22.6 Å². The molecule has 1 N–H and O–H groups in total. The van der Waals surface area contributed by atoms with Crippen LogP contribution in [-0.2, 0) is 17.6 Å². The van der Waals surface area contributed by atoms with Gasteiger partial charge >= 0.3 is 0 Å². The molecule has 140 valence electrons. The van der Waals surface area contributed by atoms with Gasteiger partial charge in [-0.25, -0.2) is 4.39 Å². The van der Waals surface area contributed by atoms with E-state index in [0.717, 1.165) is 12.0 Å². The number of carbonyl (C=O) groups is 1. The summed E-state index contributed by atoms with van der Waals surface area (Å²) in [5, 5.41) is 6.84. The third kappa shape index (κ3) is 5.74. The van der Waals surface area contributed by atoms with Crippen LogP contribution in [0.15, 0.2) is 59.1 Å². The topological polar surface area (TPSA) is 68.0 Å². The van der Waals surface area contributed by atoms with Crippen LogP contribution in [0.4, 0.5) is 4.39 Å². The van der Waals surface area contributed by atoms with Crippen molar-refractivity contribution >= 4 is 5.91 Å². The largest absolute Gasteiger partial charge is 0.356 e. The first-order valence-electron chi connectivity index (χ1n) is 9.10. The molecule has 0 aliphatic carbocycles. The molecule has 0 saturated carbocycles. The van der Waals surface area contributed by atoms with Crippen molar-refractivity contribution in [2.75, 3.05) is 6.54 Å². The summed E-state index contributed by atoms with van der Waals surface area (Å²) < 4.78 is 18.8. The lowest BCUT2D eigenvalue weighted by Gasteiger charge is -2.05. The van der Waals surface area contributed by atoms with Crippen molar-refractivity contribution < 1.29 is 13.7 Å². The Morgan fingerprint density at radius 2 is 1.78 bits per heavy atom. The van der Waals surface area contributed by atoms with E-state index in [-0.39, 0.29) is 11.7 Å². The van der Waals surface area contributed by atoms with Crippen molar-refractivity contribution in [2.24, 2.45) is 0 Å². The molecule has 0 bridgehead atoms. The molecule has 0 unspecified atom stereocenters. The van der Waals surface area contributed by atoms with Gasteiger partial charge in [0.1, 0.15) is 5.82 Å². The third-order valence-corrected chi connectivity index (χ3v) is 4.20. The van der Waals surface area contributed by atoms with Crippen molar-refractivity contribution in [1.29, 1.82) is 0 Å². The second-order valence-electron chi connectivity index (χ2n) is 6.28. The Morgan fingerprint density at radius 1 is 1.00 bits per heavy atom. The molecule has 6 heteroatoms. The Balaban J connectivity index is 1.32. The van der Waals surface area contributed by atoms with Crippen LogP contribution < -0.4 is 5.32 Å². The summed E-state index contributed by atoms with van der Waals surface area (Å²) in [7, 11) is 0. The van der Waals surface area contributed by atoms with Crippen LogP contribution >= 0.6 is 0 Å². The van der Waals surface area contributed by atoms with E-state index in [4.69, 9.17) is 4.52 Å². The van der Waals surface area contributed by atoms with E-state index in [1.54, 1.807) is 18.2 Å². The number of aryl methyl sites for hydroxylation is 2. The number of nitrogens with zero attached hydrogens (tertiary/aromatic N) is 2. The van der Waals surface area contributed by atoms with Gasteiger partial charge in [0.15, 0.2) is 0 Å². The highest BCUT2D eigenvalue weighted by molar-refractivity contribution is 5.75. The Labute approximate surface area is 157 Å². The quantitative estimate of drug-likeness (QED) is 0.582. The molecular weight excluding hydrogens is 345 g/mol. The molecule has 0 aliphatic rings. The van der Waals surface area contributed by atoms with Crippen molar-refractivity contribution in [1.82, 2.24) is 15.5 Å². The van der Waals surface area contributed by atoms with Crippen LogP contribution in [0, 0.1) is 5.82 Å². The van der Waals surface area contributed by atoms with Crippen LogP contribution in [0.3, 0.4) is 0 Å². The van der Waals surface area contributed by atoms with Crippen molar-refractivity contribution in [3.05, 3.63) is 71.9 Å². The first-order valence-corrected chi connectivity index (χ1v) is 9.10. The highest BCUT2D eigenvalue weighted by Crippen LogP contribution is 2.15. The average molecular weight is 367 g/mol. The van der Waals surface area contributed by atoms with Gasteiger partial charge in [-0.3, -0.25) is 4.79 Å². The van der Waals surface area contributed by atoms with Crippen molar-refractivity contribution in [3.63, 3.8) is 0 Å². The molecule has 2 aromatic carbocycles. The summed E-state index contributed by atoms with van der Waals surface area (Å²) in [4.78, 5) is 16.2. The van der Waals surface area contributed by atoms with Gasteiger partial charge in [-0.05, 0) is 30.9 Å². The molecule has 0 fully saturated rings. The van der Waals surface area contributed by atoms with E-state index in [1.165, 1.54) is 6.07 Å². The second-order valence-corrected chi connectivity index (χ2v) is 6.28. The fourth-order valence-corrected chi connectivity index (χ4v) is 2.76. The number of rotatable bonds is 9. The average Bonchev–Trinajstić information content (AvgIpc) is 3.16. The summed E-state index contributed by atoms with van der Waals surface area (Å²) in [5.41, 5.74) is 1.56. The maximum absolute atomic E-state index is 13.5. The summed E-state index contributed by atoms with van der Waals surface area (Å²) >= 11 is 0. The molecule has 27 heavy (non-hydrogen) atoms. The molecule has 0 saturated heterocycles. The lowest BCUT2D eigenvalue weighted by atomic mass is 10.1. The van der Waals surface area contributed by atoms with E-state index in [0.29, 0.717) is 49.5 Å². The Morgan fingerprint density at radius 3 is 2.59 bits per heavy atom. The Kier molecular flexibility index (Phi) is 6.68. The fourth-order valence-electron chi connectivity index (χ4n) is 2.76. The van der Waals surface area contributed by atoms with Crippen LogP contribution in [0.5, 0.6) is 0 Å². The minimum atomic E-state index is -0.215. The maximum atomic E-state index is 13.5. The molecule has 3 aromatic rings. The molecule has 1 aromatic heterocycles. The van der Waals surface area contributed by atoms with Crippen LogP contribution in [0.1, 0.15) is 30.7 Å². The highest BCUT2D eigenvalue weighted by Gasteiger charge is 2.08. The first-order chi connectivity index (χ1) is 13.2. The number of hydrogen-bond acceptors (Lipinski definition) is 4. The number of amides is 1. The lowest BCUT2D eigenvalue weighted by molar-refractivity contribution is -0.121. The minimum Gasteiger partial charge on any atom is -0.356 e. The molecule has 3 rings (SSSR count). The van der Waals surface area contributed by atoms with E-state index in [1.807, 2.05) is 30.3 Å². The summed E-state index contributed by atoms with van der Waals surface area (Å²) in [6.07, 6.45) is 2.89. The van der Waals surface area contributed by atoms with Gasteiger partial charge in [0.25, 0.3) is 0 Å². The third-order valence-electron chi connectivity index (χ3n) is 4.20. The minimum absolute atomic E-state index is 0.0261. The smallest absolute Gasteiger partial charge is 0.227 e. The van der Waals surface area contributed by atoms with E-state index in [2.05, 4.69) is 15.5 Å². The zero-order valence-electron chi connectivity index (χ0n) is 15.0. The molecule has 0 radical (unpaired) electrons. The number of halogens is 1. The zero-order chi connectivity index (χ0) is 18.9. The maximum Gasteiger partial charge on any atom is 0.227 e. The van der Waals surface area contributed by atoms with E-state index in [9.17, 15) is 9.18 Å². The number of carbonyl (C=O) groups excluding carboxylic acids is 1. The predicted molar refractivity (Wildman–Crippen MR) is 100 cm³/mol. The fraction of sp³-hybridized carbons (Fsp3) is 0.286. The van der Waals surface area contributed by atoms with Crippen molar-refractivity contribution in [2.45, 2.75) is 32.1 Å². The van der Waals surface area contributed by atoms with Gasteiger partial charge in [-0.15, -0.1) is 0 Å². The standard InChI is InChI=1S/C21H22FN3O2/c22-18-12-5-4-8-16(18)11-6-13-19(26)23-15-7-14-20-24-21(25-27-20)17-9-2-1-3-10-17/h1-5,8-10,12H,6-7,11,13-15H2,(H,23,26). The lowest BCUT2D eigenvalue weighted by Crippen LogP contribution is -2.24. The predicted octanol–water partition coefficient (Wildman–Crippen LogP) is 3.95. The van der Waals surface area contributed by atoms with Crippen LogP contribution in [0.2, 0.25) is 0 Å². The van der Waals surface area contributed by atoms with Crippen LogP contribution in [0.25, 0.3) is 11.4 Å². The molecule has 5 nitrogen and oxygen atoms in total. The molecule has 1 heterocycles. The number of nitrogens with one attached hydrogen (secondary N) is 1. The van der Waals surface area contributed by atoms with E-state index < -0.39 is 0 Å². The Hall–Kier alpha value is -3.02. The summed E-state index contributed by atoms with van der Waals surface area (Å²) in [5.74, 6) is 0.889. The molecule has 0 aliphatic heterocycles. The first kappa shape index (κ1) is 18.8. The number of hydrogen-bond donors (Lipinski definition) is 1. The molecular formula is C21H22FN3O2. The van der Waals surface area contributed by atoms with Crippen molar-refractivity contribution in [3.8, 4) is 11.4 Å². The highest BCUT2D eigenvalue weighted by atomic mass is 19.1. The van der Waals surface area contributed by atoms with Gasteiger partial charge in [-0.2, -0.15) is 4.98 Å². The molecule has 0 atom stereocenters. The van der Waals surface area contributed by atoms with Gasteiger partial charge in [0.2, 0.25) is 17.6 Å². The zero-order valence-corrected chi connectivity index (χ0v) is 15.0. The summed E-state index contributed by atoms with van der Waals surface area (Å²) in [6, 6.07) is 16.3. The normalized spacial score (nSPS) is 10.7. The number of benzene rings is 2. The SMILES string of the molecule is O=C(CCCc1ccccc1F)NCCCc1nc(-c2ccccc2)no1. The second kappa shape index (κ2) is 9.62. The van der Waals surface area contributed by atoms with Gasteiger partial charge in [-0.1, -0.05) is 53.7 Å². The molecule has 1 amide bonds.